The molecule has 0 aliphatic carbocycles. The topological polar surface area (TPSA) is 35.5 Å². The number of hydrogen-bond donors (Lipinski definition) is 0. The molecule has 0 rings (SSSR count). The van der Waals surface area contributed by atoms with E-state index in [2.05, 4.69) is 6.92 Å². The van der Waals surface area contributed by atoms with Crippen molar-refractivity contribution in [2.75, 3.05) is 6.61 Å². The Bertz CT molecular complexity index is 160. The highest BCUT2D eigenvalue weighted by Crippen LogP contribution is 2.06. The summed E-state index contributed by atoms with van der Waals surface area (Å²) in [4.78, 5) is 10.9. The van der Waals surface area contributed by atoms with E-state index in [-0.39, 0.29) is 4.11 Å². The Labute approximate surface area is 106 Å². The summed E-state index contributed by atoms with van der Waals surface area (Å²) in [6.45, 7) is 4.48. The third-order valence-electron chi connectivity index (χ3n) is 1.98. The molecule has 4 heteroatoms. The van der Waals surface area contributed by atoms with E-state index in [0.29, 0.717) is 6.61 Å². The van der Waals surface area contributed by atoms with Crippen LogP contribution in [0.5, 0.6) is 0 Å². The van der Waals surface area contributed by atoms with Crippen molar-refractivity contribution in [1.82, 2.24) is 0 Å². The number of alkyl halides is 1. The van der Waals surface area contributed by atoms with Gasteiger partial charge in [0.25, 0.3) is 0 Å². The van der Waals surface area contributed by atoms with E-state index in [1.807, 2.05) is 22.6 Å². The van der Waals surface area contributed by atoms with E-state index in [9.17, 15) is 4.79 Å². The summed E-state index contributed by atoms with van der Waals surface area (Å²) < 4.78 is 9.59. The fourth-order valence-corrected chi connectivity index (χ4v) is 1.41. The lowest BCUT2D eigenvalue weighted by molar-refractivity contribution is 0.0537. The Kier molecular flexibility index (Phi) is 10.5. The van der Waals surface area contributed by atoms with Crippen LogP contribution in [0.25, 0.3) is 0 Å². The van der Waals surface area contributed by atoms with Gasteiger partial charge in [-0.05, 0) is 35.9 Å². The average molecular weight is 328 g/mol. The van der Waals surface area contributed by atoms with Crippen molar-refractivity contribution in [2.24, 2.45) is 0 Å². The molecule has 0 radical (unpaired) electrons. The molecular formula is C11H21IO3. The normalized spacial score (nSPS) is 12.2. The van der Waals surface area contributed by atoms with Gasteiger partial charge in [0.1, 0.15) is 0 Å². The lowest BCUT2D eigenvalue weighted by Gasteiger charge is -2.07. The smallest absolute Gasteiger partial charge is 0.434 e. The van der Waals surface area contributed by atoms with Gasteiger partial charge in [-0.1, -0.05) is 39.0 Å². The van der Waals surface area contributed by atoms with Gasteiger partial charge in [-0.2, -0.15) is 0 Å². The van der Waals surface area contributed by atoms with Crippen molar-refractivity contribution in [3.05, 3.63) is 0 Å². The highest BCUT2D eigenvalue weighted by molar-refractivity contribution is 14.1. The van der Waals surface area contributed by atoms with Gasteiger partial charge in [-0.15, -0.1) is 0 Å². The van der Waals surface area contributed by atoms with Gasteiger partial charge in [0.2, 0.25) is 0 Å². The van der Waals surface area contributed by atoms with Gasteiger partial charge >= 0.3 is 6.16 Å². The number of rotatable bonds is 8. The molecule has 0 amide bonds. The Morgan fingerprint density at radius 2 is 1.80 bits per heavy atom. The summed E-state index contributed by atoms with van der Waals surface area (Å²) in [6.07, 6.45) is 6.60. The van der Waals surface area contributed by atoms with Gasteiger partial charge in [0.15, 0.2) is 4.11 Å². The van der Waals surface area contributed by atoms with Crippen LogP contribution in [0.1, 0.15) is 52.4 Å². The summed E-state index contributed by atoms with van der Waals surface area (Å²) in [5.41, 5.74) is 0. The van der Waals surface area contributed by atoms with E-state index in [1.165, 1.54) is 25.7 Å². The zero-order valence-electron chi connectivity index (χ0n) is 9.63. The largest absolute Gasteiger partial charge is 0.509 e. The Morgan fingerprint density at radius 1 is 1.20 bits per heavy atom. The highest BCUT2D eigenvalue weighted by Gasteiger charge is 2.06. The molecule has 0 aliphatic heterocycles. The van der Waals surface area contributed by atoms with Crippen molar-refractivity contribution in [2.45, 2.75) is 56.5 Å². The van der Waals surface area contributed by atoms with E-state index < -0.39 is 6.16 Å². The van der Waals surface area contributed by atoms with Crippen LogP contribution in [0.15, 0.2) is 0 Å². The van der Waals surface area contributed by atoms with E-state index >= 15 is 0 Å². The van der Waals surface area contributed by atoms with Crippen LogP contribution in [0.3, 0.4) is 0 Å². The molecule has 0 N–H and O–H groups in total. The molecule has 0 aromatic heterocycles. The molecule has 3 nitrogen and oxygen atoms in total. The quantitative estimate of drug-likeness (QED) is 0.289. The average Bonchev–Trinajstić information content (AvgIpc) is 2.15. The molecule has 0 heterocycles. The molecule has 0 fully saturated rings. The van der Waals surface area contributed by atoms with Gasteiger partial charge in [0.05, 0.1) is 6.61 Å². The fraction of sp³-hybridized carbons (Fsp3) is 0.909. The Hall–Kier alpha value is 0. The zero-order chi connectivity index (χ0) is 11.5. The molecule has 0 aliphatic rings. The van der Waals surface area contributed by atoms with Crippen LogP contribution in [0.2, 0.25) is 0 Å². The third-order valence-corrected chi connectivity index (χ3v) is 2.23. The summed E-state index contributed by atoms with van der Waals surface area (Å²) in [6, 6.07) is 0. The first-order valence-electron chi connectivity index (χ1n) is 5.64. The van der Waals surface area contributed by atoms with Gasteiger partial charge in [-0.25, -0.2) is 4.79 Å². The van der Waals surface area contributed by atoms with Gasteiger partial charge < -0.3 is 9.47 Å². The molecule has 15 heavy (non-hydrogen) atoms. The predicted octanol–water partition coefficient (Wildman–Crippen LogP) is 4.28. The monoisotopic (exact) mass is 328 g/mol. The summed E-state index contributed by atoms with van der Waals surface area (Å²) in [5, 5.41) is 0. The van der Waals surface area contributed by atoms with Crippen LogP contribution in [-0.4, -0.2) is 16.9 Å². The van der Waals surface area contributed by atoms with Crippen molar-refractivity contribution in [3.63, 3.8) is 0 Å². The Morgan fingerprint density at radius 3 is 2.40 bits per heavy atom. The predicted molar refractivity (Wildman–Crippen MR) is 69.3 cm³/mol. The number of carbonyl (C=O) groups excluding carboxylic acids is 1. The molecule has 0 aromatic rings. The standard InChI is InChI=1S/C11H21IO3/c1-3-4-5-6-7-8-9-14-11(13)15-10(2)12/h10H,3-9H2,1-2H3. The number of halogens is 1. The summed E-state index contributed by atoms with van der Waals surface area (Å²) >= 11 is 2.02. The zero-order valence-corrected chi connectivity index (χ0v) is 11.8. The second-order valence-corrected chi connectivity index (χ2v) is 5.28. The maximum absolute atomic E-state index is 10.9. The highest BCUT2D eigenvalue weighted by atomic mass is 127. The number of hydrogen-bond acceptors (Lipinski definition) is 3. The van der Waals surface area contributed by atoms with E-state index in [1.54, 1.807) is 6.92 Å². The molecule has 0 saturated carbocycles. The summed E-state index contributed by atoms with van der Waals surface area (Å²) in [7, 11) is 0. The van der Waals surface area contributed by atoms with Crippen molar-refractivity contribution in [3.8, 4) is 0 Å². The third kappa shape index (κ3) is 11.9. The van der Waals surface area contributed by atoms with Crippen molar-refractivity contribution in [1.29, 1.82) is 0 Å². The number of carbonyl (C=O) groups is 1. The Balaban J connectivity index is 3.13. The first-order chi connectivity index (χ1) is 7.16. The minimum atomic E-state index is -0.551. The minimum Gasteiger partial charge on any atom is -0.434 e. The molecule has 0 spiro atoms. The molecule has 90 valence electrons. The fourth-order valence-electron chi connectivity index (χ4n) is 1.20. The maximum atomic E-state index is 10.9. The van der Waals surface area contributed by atoms with Crippen LogP contribution >= 0.6 is 22.6 Å². The van der Waals surface area contributed by atoms with Crippen LogP contribution in [0, 0.1) is 0 Å². The molecule has 0 aromatic carbocycles. The maximum Gasteiger partial charge on any atom is 0.509 e. The second-order valence-electron chi connectivity index (χ2n) is 3.53. The van der Waals surface area contributed by atoms with E-state index in [4.69, 9.17) is 9.47 Å². The lowest BCUT2D eigenvalue weighted by atomic mass is 10.1. The van der Waals surface area contributed by atoms with Crippen molar-refractivity contribution >= 4 is 28.7 Å². The SMILES string of the molecule is CCCCCCCCOC(=O)OC(C)I. The molecule has 0 saturated heterocycles. The van der Waals surface area contributed by atoms with Crippen LogP contribution in [0.4, 0.5) is 4.79 Å². The van der Waals surface area contributed by atoms with E-state index in [0.717, 1.165) is 12.8 Å². The second kappa shape index (κ2) is 10.5. The molecule has 0 bridgehead atoms. The number of unbranched alkanes of at least 4 members (excludes halogenated alkanes) is 5. The molecule has 1 unspecified atom stereocenters. The lowest BCUT2D eigenvalue weighted by Crippen LogP contribution is -2.11. The van der Waals surface area contributed by atoms with Crippen LogP contribution in [-0.2, 0) is 9.47 Å². The molecular weight excluding hydrogens is 307 g/mol. The van der Waals surface area contributed by atoms with Crippen LogP contribution < -0.4 is 0 Å². The van der Waals surface area contributed by atoms with Crippen molar-refractivity contribution < 1.29 is 14.3 Å². The first kappa shape index (κ1) is 15.0. The summed E-state index contributed by atoms with van der Waals surface area (Å²) in [5.74, 6) is 0. The van der Waals surface area contributed by atoms with Gasteiger partial charge in [0, 0.05) is 0 Å². The first-order valence-corrected chi connectivity index (χ1v) is 6.89. The minimum absolute atomic E-state index is 0.125. The number of ether oxygens (including phenoxy) is 2. The molecule has 1 atom stereocenters. The van der Waals surface area contributed by atoms with Gasteiger partial charge in [-0.3, -0.25) is 0 Å².